The minimum Gasteiger partial charge on any atom is -0.482 e. The Labute approximate surface area is 189 Å². The van der Waals surface area contributed by atoms with Crippen molar-refractivity contribution in [2.75, 3.05) is 37.8 Å². The quantitative estimate of drug-likeness (QED) is 0.525. The van der Waals surface area contributed by atoms with Crippen molar-refractivity contribution in [1.29, 1.82) is 0 Å². The van der Waals surface area contributed by atoms with E-state index in [1.54, 1.807) is 0 Å². The molecule has 0 aliphatic carbocycles. The largest absolute Gasteiger partial charge is 0.482 e. The highest BCUT2D eigenvalue weighted by Gasteiger charge is 2.35. The zero-order valence-electron chi connectivity index (χ0n) is 17.2. The van der Waals surface area contributed by atoms with Crippen LogP contribution >= 0.6 is 11.6 Å². The molecule has 2 aliphatic heterocycles. The minimum absolute atomic E-state index is 0.184. The third kappa shape index (κ3) is 4.53. The lowest BCUT2D eigenvalue weighted by molar-refractivity contribution is -0.384. The van der Waals surface area contributed by atoms with Gasteiger partial charge in [0.15, 0.2) is 6.61 Å². The molecule has 4 rings (SSSR count). The monoisotopic (exact) mass is 459 g/mol. The number of anilines is 1. The molecule has 1 saturated heterocycles. The summed E-state index contributed by atoms with van der Waals surface area (Å²) in [6.07, 6.45) is 1.47. The Kier molecular flexibility index (Phi) is 6.29. The van der Waals surface area contributed by atoms with Crippen LogP contribution in [0.3, 0.4) is 0 Å². The van der Waals surface area contributed by atoms with Gasteiger partial charge in [-0.25, -0.2) is 0 Å². The fraction of sp³-hybridized carbons (Fsp3) is 0.364. The molecule has 1 fully saturated rings. The van der Waals surface area contributed by atoms with E-state index in [1.807, 2.05) is 24.3 Å². The Morgan fingerprint density at radius 3 is 2.59 bits per heavy atom. The minimum atomic E-state index is -0.557. The van der Waals surface area contributed by atoms with Crippen LogP contribution in [0, 0.1) is 10.1 Å². The number of non-ortho nitro benzene ring substituents is 1. The molecular formula is C22H22ClN3O6. The fourth-order valence-electron chi connectivity index (χ4n) is 4.08. The highest BCUT2D eigenvalue weighted by Crippen LogP contribution is 2.36. The summed E-state index contributed by atoms with van der Waals surface area (Å²) in [5.41, 5.74) is 0.791. The number of carbonyl (C=O) groups is 2. The van der Waals surface area contributed by atoms with Crippen molar-refractivity contribution >= 4 is 34.8 Å². The van der Waals surface area contributed by atoms with Crippen LogP contribution in [0.2, 0.25) is 5.02 Å². The van der Waals surface area contributed by atoms with Gasteiger partial charge in [0.25, 0.3) is 11.6 Å². The first-order valence-corrected chi connectivity index (χ1v) is 10.6. The Morgan fingerprint density at radius 2 is 1.91 bits per heavy atom. The Balaban J connectivity index is 1.49. The van der Waals surface area contributed by atoms with Crippen molar-refractivity contribution in [3.63, 3.8) is 0 Å². The van der Waals surface area contributed by atoms with Crippen molar-refractivity contribution < 1.29 is 24.0 Å². The van der Waals surface area contributed by atoms with Gasteiger partial charge in [0.1, 0.15) is 12.3 Å². The van der Waals surface area contributed by atoms with E-state index in [1.165, 1.54) is 23.1 Å². The smallest absolute Gasteiger partial charge is 0.271 e. The standard InChI is InChI=1S/C22H22ClN3O6/c23-16-3-1-15(2-4-16)22(7-9-31-10-8-22)14-24-20(27)12-25-18-11-17(26(29)30)5-6-19(18)32-13-21(25)28/h1-6,11H,7-10,12-14H2,(H,24,27). The Bertz CT molecular complexity index is 1040. The molecule has 0 atom stereocenters. The number of nitro groups is 1. The lowest BCUT2D eigenvalue weighted by Crippen LogP contribution is -2.49. The molecule has 2 aromatic rings. The molecule has 0 radical (unpaired) electrons. The van der Waals surface area contributed by atoms with Crippen LogP contribution in [0.25, 0.3) is 0 Å². The molecule has 1 N–H and O–H groups in total. The number of hydrogen-bond donors (Lipinski definition) is 1. The number of benzene rings is 2. The molecule has 0 saturated carbocycles. The first kappa shape index (κ1) is 22.0. The molecule has 0 bridgehead atoms. The summed E-state index contributed by atoms with van der Waals surface area (Å²) in [5.74, 6) is -0.478. The van der Waals surface area contributed by atoms with Crippen molar-refractivity contribution in [3.05, 3.63) is 63.2 Å². The van der Waals surface area contributed by atoms with Gasteiger partial charge < -0.3 is 14.8 Å². The van der Waals surface area contributed by atoms with Gasteiger partial charge in [0.2, 0.25) is 5.91 Å². The van der Waals surface area contributed by atoms with Gasteiger partial charge in [-0.05, 0) is 36.6 Å². The number of rotatable bonds is 6. The Hall–Kier alpha value is -3.17. The van der Waals surface area contributed by atoms with Gasteiger partial charge >= 0.3 is 0 Å². The lowest BCUT2D eigenvalue weighted by atomic mass is 9.74. The zero-order valence-corrected chi connectivity index (χ0v) is 18.0. The summed E-state index contributed by atoms with van der Waals surface area (Å²) in [4.78, 5) is 37.0. The van der Waals surface area contributed by atoms with E-state index in [4.69, 9.17) is 21.1 Å². The number of fused-ring (bicyclic) bond motifs is 1. The highest BCUT2D eigenvalue weighted by atomic mass is 35.5. The predicted molar refractivity (Wildman–Crippen MR) is 117 cm³/mol. The van der Waals surface area contributed by atoms with Crippen molar-refractivity contribution in [1.82, 2.24) is 5.32 Å². The molecule has 2 aromatic carbocycles. The maximum Gasteiger partial charge on any atom is 0.271 e. The normalized spacial score (nSPS) is 17.3. The molecule has 0 spiro atoms. The van der Waals surface area contributed by atoms with Crippen LogP contribution in [0.5, 0.6) is 5.75 Å². The van der Waals surface area contributed by atoms with Gasteiger partial charge in [0, 0.05) is 42.3 Å². The average Bonchev–Trinajstić information content (AvgIpc) is 2.80. The first-order chi connectivity index (χ1) is 15.4. The molecule has 32 heavy (non-hydrogen) atoms. The topological polar surface area (TPSA) is 111 Å². The second-order valence-electron chi connectivity index (χ2n) is 7.85. The van der Waals surface area contributed by atoms with Gasteiger partial charge in [-0.15, -0.1) is 0 Å². The first-order valence-electron chi connectivity index (χ1n) is 10.2. The Morgan fingerprint density at radius 1 is 1.19 bits per heavy atom. The van der Waals surface area contributed by atoms with Crippen LogP contribution < -0.4 is 15.0 Å². The molecule has 10 heteroatoms. The van der Waals surface area contributed by atoms with E-state index >= 15 is 0 Å². The molecule has 168 valence electrons. The summed E-state index contributed by atoms with van der Waals surface area (Å²) in [5, 5.41) is 14.7. The van der Waals surface area contributed by atoms with Crippen molar-refractivity contribution in [2.45, 2.75) is 18.3 Å². The maximum atomic E-state index is 12.8. The number of carbonyl (C=O) groups excluding carboxylic acids is 2. The van der Waals surface area contributed by atoms with Crippen molar-refractivity contribution in [3.8, 4) is 5.75 Å². The van der Waals surface area contributed by atoms with E-state index in [0.29, 0.717) is 30.5 Å². The second kappa shape index (κ2) is 9.13. The second-order valence-corrected chi connectivity index (χ2v) is 8.29. The van der Waals surface area contributed by atoms with Gasteiger partial charge in [-0.1, -0.05) is 23.7 Å². The van der Waals surface area contributed by atoms with E-state index in [-0.39, 0.29) is 35.8 Å². The molecule has 0 aromatic heterocycles. The van der Waals surface area contributed by atoms with E-state index in [9.17, 15) is 19.7 Å². The summed E-state index contributed by atoms with van der Waals surface area (Å²) in [7, 11) is 0. The number of nitrogens with one attached hydrogen (secondary N) is 1. The molecular weight excluding hydrogens is 438 g/mol. The third-order valence-corrected chi connectivity index (χ3v) is 6.18. The summed E-state index contributed by atoms with van der Waals surface area (Å²) >= 11 is 6.03. The maximum absolute atomic E-state index is 12.8. The van der Waals surface area contributed by atoms with Crippen LogP contribution in [-0.2, 0) is 19.7 Å². The third-order valence-electron chi connectivity index (χ3n) is 5.93. The zero-order chi connectivity index (χ0) is 22.7. The van der Waals surface area contributed by atoms with Gasteiger partial charge in [0.05, 0.1) is 10.6 Å². The number of nitrogens with zero attached hydrogens (tertiary/aromatic N) is 2. The highest BCUT2D eigenvalue weighted by molar-refractivity contribution is 6.30. The van der Waals surface area contributed by atoms with Crippen LogP contribution in [0.15, 0.2) is 42.5 Å². The molecule has 2 amide bonds. The number of ether oxygens (including phenoxy) is 2. The van der Waals surface area contributed by atoms with E-state index < -0.39 is 10.8 Å². The number of hydrogen-bond acceptors (Lipinski definition) is 6. The average molecular weight is 460 g/mol. The van der Waals surface area contributed by atoms with E-state index in [0.717, 1.165) is 18.4 Å². The fourth-order valence-corrected chi connectivity index (χ4v) is 4.20. The summed E-state index contributed by atoms with van der Waals surface area (Å²) < 4.78 is 10.9. The van der Waals surface area contributed by atoms with Gasteiger partial charge in [-0.3, -0.25) is 24.6 Å². The lowest BCUT2D eigenvalue weighted by Gasteiger charge is -2.38. The van der Waals surface area contributed by atoms with Crippen molar-refractivity contribution in [2.24, 2.45) is 0 Å². The van der Waals surface area contributed by atoms with Crippen LogP contribution in [0.1, 0.15) is 18.4 Å². The SMILES string of the molecule is O=C(CN1C(=O)COc2ccc([N+](=O)[O-])cc21)NCC1(c2ccc(Cl)cc2)CCOCC1. The van der Waals surface area contributed by atoms with Crippen LogP contribution in [-0.4, -0.2) is 49.6 Å². The summed E-state index contributed by atoms with van der Waals surface area (Å²) in [6.45, 7) is 1.04. The van der Waals surface area contributed by atoms with Crippen LogP contribution in [0.4, 0.5) is 11.4 Å². The van der Waals surface area contributed by atoms with Gasteiger partial charge in [-0.2, -0.15) is 0 Å². The number of amides is 2. The number of halogens is 1. The predicted octanol–water partition coefficient (Wildman–Crippen LogP) is 2.84. The summed E-state index contributed by atoms with van der Waals surface area (Å²) in [6, 6.07) is 11.5. The van der Waals surface area contributed by atoms with E-state index in [2.05, 4.69) is 5.32 Å². The number of nitro benzene ring substituents is 1. The molecule has 0 unspecified atom stereocenters. The molecule has 2 heterocycles. The molecule has 9 nitrogen and oxygen atoms in total. The molecule has 2 aliphatic rings.